The number of hydrogen-bond donors (Lipinski definition) is 2. The number of nitrogens with one attached hydrogen (secondary N) is 2. The summed E-state index contributed by atoms with van der Waals surface area (Å²) in [7, 11) is 0. The van der Waals surface area contributed by atoms with Crippen LogP contribution in [0, 0.1) is 0 Å². The van der Waals surface area contributed by atoms with E-state index in [1.165, 1.54) is 12.8 Å². The fraction of sp³-hybridized carbons (Fsp3) is 0.909. The van der Waals surface area contributed by atoms with E-state index in [9.17, 15) is 4.79 Å². The zero-order chi connectivity index (χ0) is 11.4. The first-order valence-corrected chi connectivity index (χ1v) is 5.86. The lowest BCUT2D eigenvalue weighted by atomic mass is 10.3. The fourth-order valence-electron chi connectivity index (χ4n) is 1.14. The highest BCUT2D eigenvalue weighted by Gasteiger charge is 1.99. The van der Waals surface area contributed by atoms with Crippen molar-refractivity contribution in [2.75, 3.05) is 32.8 Å². The molecule has 1 amide bonds. The minimum absolute atomic E-state index is 0. The van der Waals surface area contributed by atoms with Gasteiger partial charge in [0.05, 0.1) is 0 Å². The first-order chi connectivity index (χ1) is 7.31. The fourth-order valence-corrected chi connectivity index (χ4v) is 1.14. The summed E-state index contributed by atoms with van der Waals surface area (Å²) in [5.74, 6) is -0.0237. The molecule has 0 rings (SSSR count). The van der Waals surface area contributed by atoms with Crippen LogP contribution in [0.3, 0.4) is 0 Å². The average molecular weight is 253 g/mol. The molecule has 0 bridgehead atoms. The molecule has 0 aromatic heterocycles. The smallest absolute Gasteiger partial charge is 0.246 e. The lowest BCUT2D eigenvalue weighted by molar-refractivity contribution is -0.125. The third-order valence-corrected chi connectivity index (χ3v) is 2.00. The highest BCUT2D eigenvalue weighted by Crippen LogP contribution is 1.93. The van der Waals surface area contributed by atoms with Crippen molar-refractivity contribution >= 4 is 18.3 Å². The lowest BCUT2D eigenvalue weighted by Gasteiger charge is -2.06. The topological polar surface area (TPSA) is 50.4 Å². The average Bonchev–Trinajstić information content (AvgIpc) is 2.24. The summed E-state index contributed by atoms with van der Waals surface area (Å²) in [6.45, 7) is 7.49. The first kappa shape index (κ1) is 18.1. The maximum atomic E-state index is 11.2. The summed E-state index contributed by atoms with van der Waals surface area (Å²) in [5.41, 5.74) is 0. The second-order valence-corrected chi connectivity index (χ2v) is 3.46. The number of halogens is 1. The van der Waals surface area contributed by atoms with Crippen LogP contribution in [0.1, 0.15) is 33.1 Å². The van der Waals surface area contributed by atoms with Gasteiger partial charge in [-0.25, -0.2) is 0 Å². The molecule has 0 atom stereocenters. The van der Waals surface area contributed by atoms with Crippen molar-refractivity contribution in [3.63, 3.8) is 0 Å². The van der Waals surface area contributed by atoms with Crippen LogP contribution < -0.4 is 10.6 Å². The Morgan fingerprint density at radius 3 is 2.56 bits per heavy atom. The molecule has 0 fully saturated rings. The SMILES string of the molecule is CCCCCOCC(=O)NCCNCC.Cl. The van der Waals surface area contributed by atoms with Gasteiger partial charge in [-0.3, -0.25) is 4.79 Å². The first-order valence-electron chi connectivity index (χ1n) is 5.86. The summed E-state index contributed by atoms with van der Waals surface area (Å²) in [6.07, 6.45) is 3.39. The van der Waals surface area contributed by atoms with Crippen LogP contribution in [0.25, 0.3) is 0 Å². The molecule has 0 heterocycles. The maximum absolute atomic E-state index is 11.2. The van der Waals surface area contributed by atoms with Gasteiger partial charge in [0, 0.05) is 19.7 Å². The van der Waals surface area contributed by atoms with E-state index in [1.807, 2.05) is 6.92 Å². The van der Waals surface area contributed by atoms with Crippen LogP contribution in [-0.4, -0.2) is 38.8 Å². The van der Waals surface area contributed by atoms with Crippen LogP contribution >= 0.6 is 12.4 Å². The minimum Gasteiger partial charge on any atom is -0.372 e. The van der Waals surface area contributed by atoms with E-state index in [0.717, 1.165) is 19.5 Å². The van der Waals surface area contributed by atoms with Gasteiger partial charge in [-0.1, -0.05) is 26.7 Å². The summed E-state index contributed by atoms with van der Waals surface area (Å²) in [4.78, 5) is 11.2. The van der Waals surface area contributed by atoms with Crippen molar-refractivity contribution in [2.24, 2.45) is 0 Å². The molecular weight excluding hydrogens is 228 g/mol. The Labute approximate surface area is 105 Å². The molecule has 0 spiro atoms. The molecule has 5 heteroatoms. The predicted molar refractivity (Wildman–Crippen MR) is 69.1 cm³/mol. The number of amides is 1. The quantitative estimate of drug-likeness (QED) is 0.577. The zero-order valence-electron chi connectivity index (χ0n) is 10.4. The molecule has 2 N–H and O–H groups in total. The summed E-state index contributed by atoms with van der Waals surface area (Å²) < 4.78 is 5.22. The Bertz CT molecular complexity index is 157. The molecular formula is C11H25ClN2O2. The Morgan fingerprint density at radius 1 is 1.19 bits per heavy atom. The molecule has 0 aliphatic carbocycles. The maximum Gasteiger partial charge on any atom is 0.246 e. The van der Waals surface area contributed by atoms with E-state index in [-0.39, 0.29) is 24.9 Å². The van der Waals surface area contributed by atoms with Crippen molar-refractivity contribution in [1.29, 1.82) is 0 Å². The van der Waals surface area contributed by atoms with Crippen molar-refractivity contribution < 1.29 is 9.53 Å². The monoisotopic (exact) mass is 252 g/mol. The van der Waals surface area contributed by atoms with E-state index in [4.69, 9.17) is 4.74 Å². The molecule has 0 unspecified atom stereocenters. The summed E-state index contributed by atoms with van der Waals surface area (Å²) >= 11 is 0. The number of ether oxygens (including phenoxy) is 1. The van der Waals surface area contributed by atoms with Crippen molar-refractivity contribution in [3.8, 4) is 0 Å². The Morgan fingerprint density at radius 2 is 1.94 bits per heavy atom. The van der Waals surface area contributed by atoms with Crippen LogP contribution in [0.2, 0.25) is 0 Å². The van der Waals surface area contributed by atoms with Crippen LogP contribution in [0.4, 0.5) is 0 Å². The normalized spacial score (nSPS) is 9.62. The van der Waals surface area contributed by atoms with Gasteiger partial charge in [-0.2, -0.15) is 0 Å². The van der Waals surface area contributed by atoms with E-state index >= 15 is 0 Å². The van der Waals surface area contributed by atoms with Crippen LogP contribution in [0.15, 0.2) is 0 Å². The third kappa shape index (κ3) is 13.7. The number of carbonyl (C=O) groups is 1. The van der Waals surface area contributed by atoms with Gasteiger partial charge in [-0.05, 0) is 13.0 Å². The van der Waals surface area contributed by atoms with Gasteiger partial charge in [0.2, 0.25) is 5.91 Å². The van der Waals surface area contributed by atoms with Crippen molar-refractivity contribution in [1.82, 2.24) is 10.6 Å². The van der Waals surface area contributed by atoms with Gasteiger partial charge >= 0.3 is 0 Å². The molecule has 0 aliphatic rings. The number of likely N-dealkylation sites (N-methyl/N-ethyl adjacent to an activating group) is 1. The second-order valence-electron chi connectivity index (χ2n) is 3.46. The molecule has 98 valence electrons. The Kier molecular flexibility index (Phi) is 16.6. The summed E-state index contributed by atoms with van der Waals surface area (Å²) in [5, 5.41) is 5.91. The van der Waals surface area contributed by atoms with Gasteiger partial charge in [0.25, 0.3) is 0 Å². The van der Waals surface area contributed by atoms with E-state index < -0.39 is 0 Å². The standard InChI is InChI=1S/C11H24N2O2.ClH/c1-3-5-6-9-15-10-11(14)13-8-7-12-4-2;/h12H,3-10H2,1-2H3,(H,13,14);1H. The molecule has 0 aliphatic heterocycles. The molecule has 16 heavy (non-hydrogen) atoms. The number of unbranched alkanes of at least 4 members (excludes halogenated alkanes) is 2. The molecule has 0 saturated carbocycles. The van der Waals surface area contributed by atoms with Crippen molar-refractivity contribution in [2.45, 2.75) is 33.1 Å². The lowest BCUT2D eigenvalue weighted by Crippen LogP contribution is -2.34. The molecule has 4 nitrogen and oxygen atoms in total. The number of rotatable bonds is 10. The largest absolute Gasteiger partial charge is 0.372 e. The number of hydrogen-bond acceptors (Lipinski definition) is 3. The Hall–Kier alpha value is -0.320. The highest BCUT2D eigenvalue weighted by molar-refractivity contribution is 5.85. The minimum atomic E-state index is -0.0237. The van der Waals surface area contributed by atoms with Crippen LogP contribution in [0.5, 0.6) is 0 Å². The number of carbonyl (C=O) groups excluding carboxylic acids is 1. The second kappa shape index (κ2) is 14.7. The third-order valence-electron chi connectivity index (χ3n) is 2.00. The Balaban J connectivity index is 0. The van der Waals surface area contributed by atoms with E-state index in [0.29, 0.717) is 13.2 Å². The molecule has 0 aromatic carbocycles. The summed E-state index contributed by atoms with van der Waals surface area (Å²) in [6, 6.07) is 0. The van der Waals surface area contributed by atoms with E-state index in [1.54, 1.807) is 0 Å². The zero-order valence-corrected chi connectivity index (χ0v) is 11.2. The van der Waals surface area contributed by atoms with Crippen LogP contribution in [-0.2, 0) is 9.53 Å². The van der Waals surface area contributed by atoms with Gasteiger partial charge in [-0.15, -0.1) is 12.4 Å². The van der Waals surface area contributed by atoms with Gasteiger partial charge in [0.1, 0.15) is 6.61 Å². The highest BCUT2D eigenvalue weighted by atomic mass is 35.5. The molecule has 0 aromatic rings. The van der Waals surface area contributed by atoms with Gasteiger partial charge < -0.3 is 15.4 Å². The van der Waals surface area contributed by atoms with E-state index in [2.05, 4.69) is 17.6 Å². The van der Waals surface area contributed by atoms with Gasteiger partial charge in [0.15, 0.2) is 0 Å². The molecule has 0 radical (unpaired) electrons. The molecule has 0 saturated heterocycles. The van der Waals surface area contributed by atoms with Crippen molar-refractivity contribution in [3.05, 3.63) is 0 Å². The predicted octanol–water partition coefficient (Wildman–Crippen LogP) is 1.34.